The summed E-state index contributed by atoms with van der Waals surface area (Å²) >= 11 is 0. The van der Waals surface area contributed by atoms with E-state index in [-0.39, 0.29) is 29.3 Å². The molecule has 0 aromatic carbocycles. The quantitative estimate of drug-likeness (QED) is 0.853. The Bertz CT molecular complexity index is 358. The fourth-order valence-corrected chi connectivity index (χ4v) is 2.82. The number of hydrogen-bond acceptors (Lipinski definition) is 2. The third-order valence-electron chi connectivity index (χ3n) is 4.00. The van der Waals surface area contributed by atoms with Crippen LogP contribution in [0.4, 0.5) is 0 Å². The van der Waals surface area contributed by atoms with Crippen molar-refractivity contribution in [3.05, 3.63) is 0 Å². The van der Waals surface area contributed by atoms with Gasteiger partial charge in [0.25, 0.3) is 0 Å². The van der Waals surface area contributed by atoms with Crippen molar-refractivity contribution in [3.8, 4) is 0 Å². The molecule has 110 valence electrons. The van der Waals surface area contributed by atoms with Crippen LogP contribution in [0.25, 0.3) is 0 Å². The molecule has 1 aliphatic rings. The second-order valence-corrected chi connectivity index (χ2v) is 6.95. The van der Waals surface area contributed by atoms with Crippen LogP contribution in [-0.2, 0) is 9.59 Å². The topological polar surface area (TPSA) is 49.4 Å². The van der Waals surface area contributed by atoms with E-state index in [1.807, 2.05) is 27.7 Å². The van der Waals surface area contributed by atoms with Crippen molar-refractivity contribution in [2.24, 2.45) is 11.3 Å². The summed E-state index contributed by atoms with van der Waals surface area (Å²) in [4.78, 5) is 26.7. The Labute approximate surface area is 116 Å². The lowest BCUT2D eigenvalue weighted by molar-refractivity contribution is -0.155. The van der Waals surface area contributed by atoms with Crippen LogP contribution < -0.4 is 5.32 Å². The second-order valence-electron chi connectivity index (χ2n) is 6.95. The lowest BCUT2D eigenvalue weighted by Crippen LogP contribution is -2.68. The highest BCUT2D eigenvalue weighted by atomic mass is 16.2. The third-order valence-corrected chi connectivity index (χ3v) is 4.00. The van der Waals surface area contributed by atoms with Crippen LogP contribution in [0.1, 0.15) is 54.9 Å². The molecule has 0 aromatic rings. The molecule has 1 saturated heterocycles. The number of piperazine rings is 1. The summed E-state index contributed by atoms with van der Waals surface area (Å²) in [5.41, 5.74) is -0.263. The van der Waals surface area contributed by atoms with E-state index in [4.69, 9.17) is 0 Å². The van der Waals surface area contributed by atoms with Crippen LogP contribution in [0.3, 0.4) is 0 Å². The number of carbonyl (C=O) groups excluding carboxylic acids is 2. The van der Waals surface area contributed by atoms with E-state index in [1.165, 1.54) is 0 Å². The van der Waals surface area contributed by atoms with Crippen molar-refractivity contribution < 1.29 is 9.59 Å². The van der Waals surface area contributed by atoms with Crippen molar-refractivity contribution >= 4 is 11.8 Å². The molecule has 0 radical (unpaired) electrons. The lowest BCUT2D eigenvalue weighted by atomic mass is 9.82. The fourth-order valence-electron chi connectivity index (χ4n) is 2.82. The molecule has 1 rings (SSSR count). The average molecular weight is 268 g/mol. The molecule has 4 heteroatoms. The Morgan fingerprint density at radius 2 is 1.79 bits per heavy atom. The molecular formula is C15H28N2O2. The molecule has 0 spiro atoms. The molecular weight excluding hydrogens is 240 g/mol. The van der Waals surface area contributed by atoms with Crippen LogP contribution in [-0.4, -0.2) is 34.8 Å². The largest absolute Gasteiger partial charge is 0.342 e. The predicted octanol–water partition coefficient (Wildman–Crippen LogP) is 2.18. The highest BCUT2D eigenvalue weighted by Gasteiger charge is 2.45. The van der Waals surface area contributed by atoms with Gasteiger partial charge in [0.1, 0.15) is 12.1 Å². The molecule has 2 amide bonds. The standard InChI is InChI=1S/C15H28N2O2/c1-8-11(9(2)3)17-10(4)13(18)16-12(14(17)19)15(5,6)7/h9-12H,8H2,1-7H3,(H,16,18). The maximum Gasteiger partial charge on any atom is 0.246 e. The van der Waals surface area contributed by atoms with Gasteiger partial charge in [-0.3, -0.25) is 9.59 Å². The van der Waals surface area contributed by atoms with Gasteiger partial charge in [0, 0.05) is 6.04 Å². The Balaban J connectivity index is 3.12. The van der Waals surface area contributed by atoms with Gasteiger partial charge in [-0.15, -0.1) is 0 Å². The SMILES string of the molecule is CCC(C(C)C)N1C(=O)C(C(C)(C)C)NC(=O)C1C. The molecule has 1 heterocycles. The second kappa shape index (κ2) is 5.51. The van der Waals surface area contributed by atoms with Crippen molar-refractivity contribution in [1.82, 2.24) is 10.2 Å². The molecule has 0 saturated carbocycles. The van der Waals surface area contributed by atoms with Crippen LogP contribution in [0.5, 0.6) is 0 Å². The zero-order valence-electron chi connectivity index (χ0n) is 13.3. The zero-order chi connectivity index (χ0) is 15.0. The number of nitrogens with zero attached hydrogens (tertiary/aromatic N) is 1. The number of hydrogen-bond donors (Lipinski definition) is 1. The number of nitrogens with one attached hydrogen (secondary N) is 1. The Morgan fingerprint density at radius 3 is 2.16 bits per heavy atom. The first-order valence-electron chi connectivity index (χ1n) is 7.23. The Morgan fingerprint density at radius 1 is 1.26 bits per heavy atom. The van der Waals surface area contributed by atoms with Gasteiger partial charge in [0.05, 0.1) is 0 Å². The minimum absolute atomic E-state index is 0.0429. The van der Waals surface area contributed by atoms with E-state index >= 15 is 0 Å². The zero-order valence-corrected chi connectivity index (χ0v) is 13.3. The van der Waals surface area contributed by atoms with Gasteiger partial charge in [0.2, 0.25) is 11.8 Å². The van der Waals surface area contributed by atoms with Gasteiger partial charge >= 0.3 is 0 Å². The monoisotopic (exact) mass is 268 g/mol. The van der Waals surface area contributed by atoms with Gasteiger partial charge in [-0.1, -0.05) is 41.5 Å². The first-order chi connectivity index (χ1) is 8.61. The normalized spacial score (nSPS) is 26.6. The number of rotatable bonds is 3. The molecule has 3 unspecified atom stereocenters. The van der Waals surface area contributed by atoms with Crippen LogP contribution >= 0.6 is 0 Å². The molecule has 4 nitrogen and oxygen atoms in total. The van der Waals surface area contributed by atoms with Gasteiger partial charge in [-0.05, 0) is 24.7 Å². The number of amides is 2. The summed E-state index contributed by atoms with van der Waals surface area (Å²) in [6, 6.07) is -0.680. The molecule has 1 aliphatic heterocycles. The third kappa shape index (κ3) is 3.10. The van der Waals surface area contributed by atoms with Gasteiger partial charge in [-0.25, -0.2) is 0 Å². The highest BCUT2D eigenvalue weighted by Crippen LogP contribution is 2.28. The molecule has 0 aliphatic carbocycles. The van der Waals surface area contributed by atoms with Gasteiger partial charge in [-0.2, -0.15) is 0 Å². The lowest BCUT2D eigenvalue weighted by Gasteiger charge is -2.46. The van der Waals surface area contributed by atoms with E-state index in [0.29, 0.717) is 5.92 Å². The van der Waals surface area contributed by atoms with Crippen molar-refractivity contribution in [3.63, 3.8) is 0 Å². The van der Waals surface area contributed by atoms with E-state index in [0.717, 1.165) is 6.42 Å². The van der Waals surface area contributed by atoms with Crippen molar-refractivity contribution in [1.29, 1.82) is 0 Å². The van der Waals surface area contributed by atoms with E-state index in [9.17, 15) is 9.59 Å². The number of carbonyl (C=O) groups is 2. The summed E-state index contributed by atoms with van der Waals surface area (Å²) in [5.74, 6) is 0.363. The Kier molecular flexibility index (Phi) is 4.64. The van der Waals surface area contributed by atoms with E-state index in [1.54, 1.807) is 4.90 Å². The fraction of sp³-hybridized carbons (Fsp3) is 0.867. The predicted molar refractivity (Wildman–Crippen MR) is 76.6 cm³/mol. The molecule has 3 atom stereocenters. The minimum Gasteiger partial charge on any atom is -0.342 e. The molecule has 0 aromatic heterocycles. The molecule has 1 N–H and O–H groups in total. The molecule has 0 bridgehead atoms. The summed E-state index contributed by atoms with van der Waals surface area (Å²) in [7, 11) is 0. The minimum atomic E-state index is -0.427. The van der Waals surface area contributed by atoms with E-state index in [2.05, 4.69) is 26.1 Å². The van der Waals surface area contributed by atoms with Gasteiger partial charge < -0.3 is 10.2 Å². The summed E-state index contributed by atoms with van der Waals surface area (Å²) < 4.78 is 0. The average Bonchev–Trinajstić information content (AvgIpc) is 2.27. The molecule has 1 fully saturated rings. The van der Waals surface area contributed by atoms with Gasteiger partial charge in [0.15, 0.2) is 0 Å². The maximum absolute atomic E-state index is 12.7. The van der Waals surface area contributed by atoms with Crippen LogP contribution in [0, 0.1) is 11.3 Å². The van der Waals surface area contributed by atoms with Crippen molar-refractivity contribution in [2.75, 3.05) is 0 Å². The summed E-state index contributed by atoms with van der Waals surface area (Å²) in [5, 5.41) is 2.87. The first-order valence-corrected chi connectivity index (χ1v) is 7.23. The summed E-state index contributed by atoms with van der Waals surface area (Å²) in [6.45, 7) is 14.1. The van der Waals surface area contributed by atoms with Crippen molar-refractivity contribution in [2.45, 2.75) is 73.0 Å². The van der Waals surface area contributed by atoms with Crippen LogP contribution in [0.15, 0.2) is 0 Å². The maximum atomic E-state index is 12.7. The first kappa shape index (κ1) is 16.0. The van der Waals surface area contributed by atoms with E-state index < -0.39 is 6.04 Å². The highest BCUT2D eigenvalue weighted by molar-refractivity contribution is 5.97. The smallest absolute Gasteiger partial charge is 0.246 e. The molecule has 19 heavy (non-hydrogen) atoms. The van der Waals surface area contributed by atoms with Crippen LogP contribution in [0.2, 0.25) is 0 Å². The summed E-state index contributed by atoms with van der Waals surface area (Å²) in [6.07, 6.45) is 0.873. The Hall–Kier alpha value is -1.06.